The van der Waals surface area contributed by atoms with E-state index in [0.29, 0.717) is 55.4 Å². The maximum absolute atomic E-state index is 14.1. The maximum atomic E-state index is 14.1. The third-order valence-electron chi connectivity index (χ3n) is 8.06. The molecule has 7 nitrogen and oxygen atoms in total. The number of hydrogen-bond donors (Lipinski definition) is 2. The van der Waals surface area contributed by atoms with E-state index < -0.39 is 11.6 Å². The molecule has 3 aliphatic rings. The highest BCUT2D eigenvalue weighted by molar-refractivity contribution is 7.15. The van der Waals surface area contributed by atoms with Gasteiger partial charge in [-0.05, 0) is 90.5 Å². The number of carboxylic acids is 1. The molecule has 1 aliphatic heterocycles. The van der Waals surface area contributed by atoms with Gasteiger partial charge in [0.15, 0.2) is 0 Å². The van der Waals surface area contributed by atoms with E-state index in [0.717, 1.165) is 43.4 Å². The fourth-order valence-electron chi connectivity index (χ4n) is 5.68. The Kier molecular flexibility index (Phi) is 9.24. The first-order valence-electron chi connectivity index (χ1n) is 14.1. The number of aromatic carboxylic acids is 1. The summed E-state index contributed by atoms with van der Waals surface area (Å²) in [6.45, 7) is 9.78. The number of nitrogens with zero attached hydrogens (tertiary/aromatic N) is 1. The lowest BCUT2D eigenvalue weighted by atomic mass is 9.79. The predicted octanol–water partition coefficient (Wildman–Crippen LogP) is 5.48. The van der Waals surface area contributed by atoms with Gasteiger partial charge in [-0.25, -0.2) is 4.79 Å². The number of thiophene rings is 1. The first-order chi connectivity index (χ1) is 17.9. The molecule has 1 atom stereocenters. The average molecular weight is 546 g/mol. The number of ether oxygens (including phenoxy) is 2. The number of carboxylic acid groups (broad SMARTS) is 1. The summed E-state index contributed by atoms with van der Waals surface area (Å²) in [5.41, 5.74) is -0.705. The topological polar surface area (TPSA) is 96.3 Å². The summed E-state index contributed by atoms with van der Waals surface area (Å²) in [5, 5.41) is 21.3. The Bertz CT molecular complexity index is 1040. The van der Waals surface area contributed by atoms with Gasteiger partial charge in [0, 0.05) is 24.0 Å². The monoisotopic (exact) mass is 545 g/mol. The van der Waals surface area contributed by atoms with Crippen LogP contribution in [0.25, 0.3) is 0 Å². The largest absolute Gasteiger partial charge is 0.477 e. The molecule has 2 saturated carbocycles. The van der Waals surface area contributed by atoms with Crippen LogP contribution in [-0.2, 0) is 14.3 Å². The van der Waals surface area contributed by atoms with Crippen molar-refractivity contribution in [2.24, 2.45) is 17.3 Å². The van der Waals surface area contributed by atoms with Gasteiger partial charge in [0.1, 0.15) is 4.88 Å². The Balaban J connectivity index is 1.58. The van der Waals surface area contributed by atoms with Crippen LogP contribution in [0, 0.1) is 29.1 Å². The van der Waals surface area contributed by atoms with Crippen LogP contribution in [0.3, 0.4) is 0 Å². The lowest BCUT2D eigenvalue weighted by molar-refractivity contribution is -0.125. The van der Waals surface area contributed by atoms with E-state index in [1.807, 2.05) is 20.8 Å². The number of rotatable bonds is 7. The lowest BCUT2D eigenvalue weighted by Crippen LogP contribution is -2.50. The van der Waals surface area contributed by atoms with Crippen LogP contribution in [0.4, 0.5) is 5.69 Å². The predicted molar refractivity (Wildman–Crippen MR) is 149 cm³/mol. The zero-order chi connectivity index (χ0) is 27.5. The molecular formula is C30H43NO6S. The van der Waals surface area contributed by atoms with Crippen LogP contribution in [0.15, 0.2) is 6.07 Å². The van der Waals surface area contributed by atoms with Crippen LogP contribution in [0.5, 0.6) is 0 Å². The molecule has 1 amide bonds. The first kappa shape index (κ1) is 29.1. The van der Waals surface area contributed by atoms with Gasteiger partial charge in [0.2, 0.25) is 5.91 Å². The van der Waals surface area contributed by atoms with Crippen LogP contribution in [0.1, 0.15) is 100 Å². The van der Waals surface area contributed by atoms with Crippen molar-refractivity contribution >= 4 is 28.9 Å². The number of anilines is 1. The number of carbonyl (C=O) groups excluding carboxylic acids is 1. The highest BCUT2D eigenvalue weighted by Gasteiger charge is 2.41. The number of amides is 1. The third kappa shape index (κ3) is 7.38. The molecule has 4 rings (SSSR count). The summed E-state index contributed by atoms with van der Waals surface area (Å²) in [4.78, 5) is 29.0. The molecule has 0 bridgehead atoms. The Labute approximate surface area is 230 Å². The molecule has 0 aromatic carbocycles. The molecule has 3 fully saturated rings. The Hall–Kier alpha value is -1.92. The summed E-state index contributed by atoms with van der Waals surface area (Å²) in [5.74, 6) is 5.81. The molecule has 38 heavy (non-hydrogen) atoms. The number of carbonyl (C=O) groups is 2. The fourth-order valence-corrected chi connectivity index (χ4v) is 6.52. The van der Waals surface area contributed by atoms with E-state index in [9.17, 15) is 19.8 Å². The molecule has 8 heteroatoms. The second-order valence-corrected chi connectivity index (χ2v) is 13.6. The molecule has 1 aromatic rings. The summed E-state index contributed by atoms with van der Waals surface area (Å²) < 4.78 is 11.3. The van der Waals surface area contributed by atoms with E-state index in [-0.39, 0.29) is 40.9 Å². The van der Waals surface area contributed by atoms with Crippen molar-refractivity contribution in [3.8, 4) is 11.8 Å². The molecule has 1 saturated heterocycles. The van der Waals surface area contributed by atoms with Crippen molar-refractivity contribution in [1.29, 1.82) is 0 Å². The minimum atomic E-state index is -1.04. The first-order valence-corrected chi connectivity index (χ1v) is 14.9. The second kappa shape index (κ2) is 12.1. The molecule has 0 unspecified atom stereocenters. The summed E-state index contributed by atoms with van der Waals surface area (Å²) in [6, 6.07) is 1.62. The van der Waals surface area contributed by atoms with E-state index in [2.05, 4.69) is 18.8 Å². The molecule has 2 N–H and O–H groups in total. The highest BCUT2D eigenvalue weighted by Crippen LogP contribution is 2.40. The van der Waals surface area contributed by atoms with Gasteiger partial charge in [0.25, 0.3) is 0 Å². The smallest absolute Gasteiger partial charge is 0.348 e. The van der Waals surface area contributed by atoms with Crippen LogP contribution < -0.4 is 4.90 Å². The van der Waals surface area contributed by atoms with Gasteiger partial charge < -0.3 is 24.6 Å². The van der Waals surface area contributed by atoms with E-state index in [1.54, 1.807) is 11.0 Å². The maximum Gasteiger partial charge on any atom is 0.348 e. The summed E-state index contributed by atoms with van der Waals surface area (Å²) >= 11 is 1.14. The zero-order valence-corrected chi connectivity index (χ0v) is 24.1. The van der Waals surface area contributed by atoms with Gasteiger partial charge in [0.05, 0.1) is 35.5 Å². The van der Waals surface area contributed by atoms with Gasteiger partial charge >= 0.3 is 5.97 Å². The van der Waals surface area contributed by atoms with Crippen molar-refractivity contribution in [2.45, 2.75) is 103 Å². The normalized spacial score (nSPS) is 29.9. The van der Waals surface area contributed by atoms with Crippen LogP contribution in [0.2, 0.25) is 0 Å². The molecule has 2 aliphatic carbocycles. The van der Waals surface area contributed by atoms with Crippen LogP contribution in [-0.4, -0.2) is 59.7 Å². The minimum Gasteiger partial charge on any atom is -0.477 e. The summed E-state index contributed by atoms with van der Waals surface area (Å²) in [7, 11) is 0. The third-order valence-corrected chi connectivity index (χ3v) is 9.08. The number of aliphatic hydroxyl groups is 1. The summed E-state index contributed by atoms with van der Waals surface area (Å²) in [6.07, 6.45) is 6.73. The quantitative estimate of drug-likeness (QED) is 0.441. The van der Waals surface area contributed by atoms with Gasteiger partial charge in [-0.1, -0.05) is 18.8 Å². The second-order valence-electron chi connectivity index (χ2n) is 12.5. The Morgan fingerprint density at radius 3 is 2.42 bits per heavy atom. The minimum absolute atomic E-state index is 0.0160. The van der Waals surface area contributed by atoms with Gasteiger partial charge in [-0.15, -0.1) is 11.3 Å². The van der Waals surface area contributed by atoms with Crippen molar-refractivity contribution in [3.05, 3.63) is 15.8 Å². The van der Waals surface area contributed by atoms with Gasteiger partial charge in [-0.2, -0.15) is 0 Å². The molecule has 210 valence electrons. The average Bonchev–Trinajstić information content (AvgIpc) is 3.53. The van der Waals surface area contributed by atoms with E-state index in [1.165, 1.54) is 0 Å². The Morgan fingerprint density at radius 2 is 1.84 bits per heavy atom. The van der Waals surface area contributed by atoms with Gasteiger partial charge in [-0.3, -0.25) is 4.79 Å². The molecule has 0 radical (unpaired) electrons. The highest BCUT2D eigenvalue weighted by atomic mass is 32.1. The molecule has 0 spiro atoms. The van der Waals surface area contributed by atoms with Crippen molar-refractivity contribution < 1.29 is 29.3 Å². The Morgan fingerprint density at radius 1 is 1.16 bits per heavy atom. The molecule has 2 heterocycles. The van der Waals surface area contributed by atoms with E-state index in [4.69, 9.17) is 9.47 Å². The molecule has 1 aromatic heterocycles. The fraction of sp³-hybridized carbons (Fsp3) is 0.733. The standard InChI is InChI=1S/C30H43NO6S/c1-20-5-7-21(8-6-20)27(32)31(25-17-24(11-13-29(2,3)4)38-26(25)28(33)34)22-9-14-30(35,15-10-22)19-37-23-12-16-36-18-23/h17,20-23,35H,5-10,12,14-16,18-19H2,1-4H3,(H,33,34)/t20-,21-,22-,23-,30+/m0/s1. The molecular weight excluding hydrogens is 502 g/mol. The lowest BCUT2D eigenvalue weighted by Gasteiger charge is -2.42. The van der Waals surface area contributed by atoms with Crippen LogP contribution >= 0.6 is 11.3 Å². The zero-order valence-electron chi connectivity index (χ0n) is 23.3. The van der Waals surface area contributed by atoms with E-state index >= 15 is 0 Å². The SMILES string of the molecule is CC(C)(C)C#Cc1cc(N(C(=O)[C@H]2CC[C@H](C)CC2)[C@H]2CC[C@](O)(CO[C@H]3CCOC3)CC2)c(C(=O)O)s1. The van der Waals surface area contributed by atoms with Crippen molar-refractivity contribution in [2.75, 3.05) is 24.7 Å². The number of hydrogen-bond acceptors (Lipinski definition) is 6. The van der Waals surface area contributed by atoms with Crippen molar-refractivity contribution in [1.82, 2.24) is 0 Å². The van der Waals surface area contributed by atoms with Crippen molar-refractivity contribution in [3.63, 3.8) is 0 Å².